The number of hydrogen-bond acceptors (Lipinski definition) is 4. The minimum Gasteiger partial charge on any atom is -0.369 e. The molecule has 2 fully saturated rings. The molecule has 2 atom stereocenters. The number of primary amides is 1. The minimum atomic E-state index is -2.84. The van der Waals surface area contributed by atoms with Crippen molar-refractivity contribution in [1.29, 1.82) is 0 Å². The topological polar surface area (TPSA) is 80.5 Å². The minimum absolute atomic E-state index is 0.0999. The van der Waals surface area contributed by atoms with Crippen molar-refractivity contribution in [3.63, 3.8) is 0 Å². The Hall–Kier alpha value is -0.620. The summed E-state index contributed by atoms with van der Waals surface area (Å²) in [5, 5.41) is 0. The van der Waals surface area contributed by atoms with Gasteiger partial charge in [0.15, 0.2) is 9.84 Å². The lowest BCUT2D eigenvalue weighted by atomic mass is 9.96. The number of likely N-dealkylation sites (tertiary alicyclic amines) is 1. The van der Waals surface area contributed by atoms with E-state index in [4.69, 9.17) is 5.73 Å². The Bertz CT molecular complexity index is 380. The van der Waals surface area contributed by atoms with Crippen LogP contribution >= 0.6 is 0 Å². The Morgan fingerprint density at radius 2 is 2.06 bits per heavy atom. The third-order valence-electron chi connectivity index (χ3n) is 3.58. The first-order chi connectivity index (χ1) is 7.48. The lowest BCUT2D eigenvalue weighted by Crippen LogP contribution is -2.46. The Labute approximate surface area is 95.9 Å². The summed E-state index contributed by atoms with van der Waals surface area (Å²) in [6.45, 7) is 1.53. The number of carbonyl (C=O) groups excluding carboxylic acids is 1. The second kappa shape index (κ2) is 4.33. The van der Waals surface area contributed by atoms with Gasteiger partial charge in [-0.25, -0.2) is 8.42 Å². The zero-order valence-corrected chi connectivity index (χ0v) is 10.1. The predicted octanol–water partition coefficient (Wildman–Crippen LogP) is -0.629. The highest BCUT2D eigenvalue weighted by atomic mass is 32.2. The van der Waals surface area contributed by atoms with Gasteiger partial charge in [-0.1, -0.05) is 0 Å². The first-order valence-corrected chi connectivity index (χ1v) is 7.54. The molecule has 0 spiro atoms. The number of nitrogens with two attached hydrogens (primary N) is 1. The molecule has 6 heteroatoms. The quantitative estimate of drug-likeness (QED) is 0.703. The van der Waals surface area contributed by atoms with E-state index < -0.39 is 9.84 Å². The van der Waals surface area contributed by atoms with Gasteiger partial charge in [0.05, 0.1) is 17.4 Å². The third kappa shape index (κ3) is 2.55. The molecule has 2 rings (SSSR count). The molecule has 2 unspecified atom stereocenters. The average Bonchev–Trinajstić information content (AvgIpc) is 2.59. The van der Waals surface area contributed by atoms with Crippen LogP contribution in [0.4, 0.5) is 0 Å². The van der Waals surface area contributed by atoms with Crippen molar-refractivity contribution in [2.45, 2.75) is 25.3 Å². The standard InChI is InChI=1S/C10H18N2O3S/c11-10(13)8-2-1-4-12(6-8)9-3-5-16(14,15)7-9/h8-9H,1-7H2,(H2,11,13). The van der Waals surface area contributed by atoms with Crippen LogP contribution < -0.4 is 5.73 Å². The third-order valence-corrected chi connectivity index (χ3v) is 5.33. The van der Waals surface area contributed by atoms with Gasteiger partial charge in [0.2, 0.25) is 5.91 Å². The summed E-state index contributed by atoms with van der Waals surface area (Å²) in [6, 6.07) is 0.104. The molecular weight excluding hydrogens is 228 g/mol. The van der Waals surface area contributed by atoms with Crippen LogP contribution in [-0.4, -0.2) is 49.9 Å². The van der Waals surface area contributed by atoms with Gasteiger partial charge in [0.25, 0.3) is 0 Å². The SMILES string of the molecule is NC(=O)C1CCCN(C2CCS(=O)(=O)C2)C1. The van der Waals surface area contributed by atoms with Crippen molar-refractivity contribution in [3.05, 3.63) is 0 Å². The first kappa shape index (κ1) is 11.9. The van der Waals surface area contributed by atoms with Crippen LogP contribution in [-0.2, 0) is 14.6 Å². The van der Waals surface area contributed by atoms with Gasteiger partial charge < -0.3 is 5.73 Å². The molecule has 0 aromatic rings. The van der Waals surface area contributed by atoms with Gasteiger partial charge in [-0.2, -0.15) is 0 Å². The summed E-state index contributed by atoms with van der Waals surface area (Å²) in [6.07, 6.45) is 2.48. The van der Waals surface area contributed by atoms with Crippen molar-refractivity contribution in [3.8, 4) is 0 Å². The summed E-state index contributed by atoms with van der Waals surface area (Å²) in [7, 11) is -2.84. The zero-order valence-electron chi connectivity index (χ0n) is 9.26. The molecule has 2 aliphatic rings. The number of piperidine rings is 1. The van der Waals surface area contributed by atoms with E-state index in [0.29, 0.717) is 13.0 Å². The summed E-state index contributed by atoms with van der Waals surface area (Å²) in [5.41, 5.74) is 5.30. The van der Waals surface area contributed by atoms with Crippen molar-refractivity contribution < 1.29 is 13.2 Å². The first-order valence-electron chi connectivity index (χ1n) is 5.72. The van der Waals surface area contributed by atoms with Crippen LogP contribution in [0.1, 0.15) is 19.3 Å². The number of carbonyl (C=O) groups is 1. The van der Waals surface area contributed by atoms with E-state index in [1.807, 2.05) is 0 Å². The van der Waals surface area contributed by atoms with Crippen molar-refractivity contribution in [1.82, 2.24) is 4.90 Å². The van der Waals surface area contributed by atoms with Gasteiger partial charge >= 0.3 is 0 Å². The van der Waals surface area contributed by atoms with Gasteiger partial charge in [0, 0.05) is 12.6 Å². The largest absolute Gasteiger partial charge is 0.369 e. The zero-order chi connectivity index (χ0) is 11.8. The monoisotopic (exact) mass is 246 g/mol. The van der Waals surface area contributed by atoms with Gasteiger partial charge in [0.1, 0.15) is 0 Å². The molecule has 0 aromatic carbocycles. The fourth-order valence-corrected chi connectivity index (χ4v) is 4.40. The average molecular weight is 246 g/mol. The smallest absolute Gasteiger partial charge is 0.221 e. The van der Waals surface area contributed by atoms with E-state index in [2.05, 4.69) is 4.90 Å². The molecule has 0 saturated carbocycles. The molecule has 0 radical (unpaired) electrons. The molecule has 2 saturated heterocycles. The normalized spacial score (nSPS) is 35.0. The number of rotatable bonds is 2. The Kier molecular flexibility index (Phi) is 3.21. The molecule has 2 N–H and O–H groups in total. The number of amides is 1. The van der Waals surface area contributed by atoms with Crippen LogP contribution in [0, 0.1) is 5.92 Å². The summed E-state index contributed by atoms with van der Waals surface area (Å²) in [5.74, 6) is 0.177. The van der Waals surface area contributed by atoms with E-state index in [-0.39, 0.29) is 29.4 Å². The molecule has 0 bridgehead atoms. The van der Waals surface area contributed by atoms with Gasteiger partial charge in [-0.15, -0.1) is 0 Å². The predicted molar refractivity (Wildman–Crippen MR) is 60.6 cm³/mol. The lowest BCUT2D eigenvalue weighted by Gasteiger charge is -2.34. The molecule has 2 aliphatic heterocycles. The maximum absolute atomic E-state index is 11.4. The summed E-state index contributed by atoms with van der Waals surface area (Å²) >= 11 is 0. The Morgan fingerprint density at radius 1 is 1.31 bits per heavy atom. The maximum Gasteiger partial charge on any atom is 0.221 e. The van der Waals surface area contributed by atoms with Crippen molar-refractivity contribution in [2.75, 3.05) is 24.6 Å². The van der Waals surface area contributed by atoms with E-state index in [0.717, 1.165) is 19.4 Å². The highest BCUT2D eigenvalue weighted by Crippen LogP contribution is 2.24. The fourth-order valence-electron chi connectivity index (χ4n) is 2.63. The molecule has 2 heterocycles. The lowest BCUT2D eigenvalue weighted by molar-refractivity contribution is -0.123. The molecule has 92 valence electrons. The van der Waals surface area contributed by atoms with Gasteiger partial charge in [-0.05, 0) is 25.8 Å². The maximum atomic E-state index is 11.4. The molecule has 0 aromatic heterocycles. The van der Waals surface area contributed by atoms with Crippen LogP contribution in [0.15, 0.2) is 0 Å². The summed E-state index contributed by atoms with van der Waals surface area (Å²) < 4.78 is 22.8. The molecule has 0 aliphatic carbocycles. The van der Waals surface area contributed by atoms with Crippen LogP contribution in [0.3, 0.4) is 0 Å². The van der Waals surface area contributed by atoms with E-state index >= 15 is 0 Å². The molecular formula is C10H18N2O3S. The molecule has 1 amide bonds. The van der Waals surface area contributed by atoms with Crippen molar-refractivity contribution in [2.24, 2.45) is 11.7 Å². The highest BCUT2D eigenvalue weighted by Gasteiger charge is 2.35. The number of hydrogen-bond donors (Lipinski definition) is 1. The second-order valence-electron chi connectivity index (χ2n) is 4.79. The Balaban J connectivity index is 1.98. The van der Waals surface area contributed by atoms with E-state index in [1.165, 1.54) is 0 Å². The highest BCUT2D eigenvalue weighted by molar-refractivity contribution is 7.91. The number of nitrogens with zero attached hydrogens (tertiary/aromatic N) is 1. The van der Waals surface area contributed by atoms with E-state index in [9.17, 15) is 13.2 Å². The number of sulfone groups is 1. The van der Waals surface area contributed by atoms with Crippen LogP contribution in [0.2, 0.25) is 0 Å². The van der Waals surface area contributed by atoms with Crippen LogP contribution in [0.25, 0.3) is 0 Å². The second-order valence-corrected chi connectivity index (χ2v) is 7.02. The van der Waals surface area contributed by atoms with Gasteiger partial charge in [-0.3, -0.25) is 9.69 Å². The fraction of sp³-hybridized carbons (Fsp3) is 0.900. The summed E-state index contributed by atoms with van der Waals surface area (Å²) in [4.78, 5) is 13.2. The molecule has 16 heavy (non-hydrogen) atoms. The molecule has 5 nitrogen and oxygen atoms in total. The van der Waals surface area contributed by atoms with Crippen LogP contribution in [0.5, 0.6) is 0 Å². The van der Waals surface area contributed by atoms with E-state index in [1.54, 1.807) is 0 Å². The van der Waals surface area contributed by atoms with Crippen molar-refractivity contribution >= 4 is 15.7 Å². The Morgan fingerprint density at radius 3 is 2.62 bits per heavy atom.